The lowest BCUT2D eigenvalue weighted by atomic mass is 9.98. The van der Waals surface area contributed by atoms with Gasteiger partial charge in [-0.15, -0.1) is 0 Å². The number of carbonyl (C=O) groups is 7. The molecule has 1 aromatic carbocycles. The van der Waals surface area contributed by atoms with Crippen LogP contribution in [0.4, 0.5) is 17.6 Å². The number of hydrogen-bond donors (Lipinski definition) is 4. The van der Waals surface area contributed by atoms with Gasteiger partial charge >= 0.3 is 6.18 Å². The van der Waals surface area contributed by atoms with Crippen LogP contribution in [0.3, 0.4) is 0 Å². The summed E-state index contributed by atoms with van der Waals surface area (Å²) in [5.41, 5.74) is -3.49. The molecule has 0 spiro atoms. The van der Waals surface area contributed by atoms with Crippen LogP contribution in [0.2, 0.25) is 10.0 Å². The highest BCUT2D eigenvalue weighted by Gasteiger charge is 2.59. The summed E-state index contributed by atoms with van der Waals surface area (Å²) >= 11 is 12.7. The molecule has 61 heavy (non-hydrogen) atoms. The molecule has 21 heteroatoms. The third-order valence-corrected chi connectivity index (χ3v) is 11.7. The Morgan fingerprint density at radius 3 is 2.26 bits per heavy atom. The highest BCUT2D eigenvalue weighted by Crippen LogP contribution is 2.34. The van der Waals surface area contributed by atoms with Gasteiger partial charge in [-0.1, -0.05) is 44.0 Å². The second-order valence-electron chi connectivity index (χ2n) is 16.4. The molecule has 0 aromatic heterocycles. The summed E-state index contributed by atoms with van der Waals surface area (Å²) in [5.74, 6) is -6.59. The van der Waals surface area contributed by atoms with Crippen molar-refractivity contribution in [1.82, 2.24) is 35.6 Å². The van der Waals surface area contributed by atoms with E-state index in [4.69, 9.17) is 23.2 Å². The maximum absolute atomic E-state index is 14.6. The van der Waals surface area contributed by atoms with Crippen LogP contribution < -0.4 is 16.0 Å². The van der Waals surface area contributed by atoms with Crippen LogP contribution >= 0.6 is 23.2 Å². The molecule has 2 fully saturated rings. The Morgan fingerprint density at radius 1 is 1.03 bits per heavy atom. The molecule has 1 aromatic rings. The average molecular weight is 911 g/mol. The molecule has 2 saturated heterocycles. The van der Waals surface area contributed by atoms with Crippen molar-refractivity contribution >= 4 is 64.6 Å². The number of benzene rings is 1. The molecule has 0 aliphatic carbocycles. The Morgan fingerprint density at radius 2 is 1.67 bits per heavy atom. The molecule has 2 aliphatic heterocycles. The van der Waals surface area contributed by atoms with Gasteiger partial charge in [-0.05, 0) is 75.6 Å². The van der Waals surface area contributed by atoms with E-state index in [2.05, 4.69) is 16.0 Å². The van der Waals surface area contributed by atoms with Gasteiger partial charge in [0.1, 0.15) is 42.4 Å². The fourth-order valence-electron chi connectivity index (χ4n) is 7.34. The number of alkyl halides is 4. The number of carbonyl (C=O) groups excluding carboxylic acids is 7. The van der Waals surface area contributed by atoms with Crippen LogP contribution in [0.25, 0.3) is 0 Å². The minimum absolute atomic E-state index is 0.0159. The maximum Gasteiger partial charge on any atom is 0.426 e. The smallest absolute Gasteiger partial charge is 0.373 e. The summed E-state index contributed by atoms with van der Waals surface area (Å²) in [7, 11) is 4.20. The molecule has 0 unspecified atom stereocenters. The summed E-state index contributed by atoms with van der Waals surface area (Å²) < 4.78 is 55.1. The lowest BCUT2D eigenvalue weighted by Gasteiger charge is -2.35. The van der Waals surface area contributed by atoms with Crippen molar-refractivity contribution < 1.29 is 56.2 Å². The van der Waals surface area contributed by atoms with Crippen LogP contribution in [-0.4, -0.2) is 154 Å². The molecular formula is C40H57Cl2F4N7O8. The number of halogens is 6. The Kier molecular flexibility index (Phi) is 17.8. The number of likely N-dealkylation sites (tertiary alicyclic amines) is 1. The first-order chi connectivity index (χ1) is 28.2. The highest BCUT2D eigenvalue weighted by molar-refractivity contribution is 6.33. The van der Waals surface area contributed by atoms with Gasteiger partial charge in [0.05, 0.1) is 6.54 Å². The number of hydrogen-bond acceptors (Lipinski definition) is 8. The minimum Gasteiger partial charge on any atom is -0.373 e. The van der Waals surface area contributed by atoms with Gasteiger partial charge in [0.25, 0.3) is 5.91 Å². The number of likely N-dealkylation sites (N-methyl/N-ethyl adjacent to an activating group) is 3. The molecule has 2 heterocycles. The predicted octanol–water partition coefficient (Wildman–Crippen LogP) is 3.01. The lowest BCUT2D eigenvalue weighted by Crippen LogP contribution is -2.61. The third kappa shape index (κ3) is 12.7. The second-order valence-corrected chi connectivity index (χ2v) is 17.2. The van der Waals surface area contributed by atoms with Gasteiger partial charge in [0.2, 0.25) is 41.0 Å². The fraction of sp³-hybridized carbons (Fsp3) is 0.675. The number of nitrogens with one attached hydrogen (secondary N) is 3. The van der Waals surface area contributed by atoms with Gasteiger partial charge in [0, 0.05) is 50.6 Å². The number of aliphatic hydroxyl groups is 1. The molecule has 0 saturated carbocycles. The molecule has 2 aliphatic rings. The number of nitrogens with zero attached hydrogens (tertiary/aromatic N) is 4. The van der Waals surface area contributed by atoms with Crippen molar-refractivity contribution in [2.75, 3.05) is 34.2 Å². The van der Waals surface area contributed by atoms with E-state index in [1.54, 1.807) is 12.1 Å². The third-order valence-electron chi connectivity index (χ3n) is 11.1. The molecule has 8 atom stereocenters. The largest absolute Gasteiger partial charge is 0.426 e. The zero-order valence-electron chi connectivity index (χ0n) is 35.6. The second kappa shape index (κ2) is 21.2. The van der Waals surface area contributed by atoms with Gasteiger partial charge in [-0.2, -0.15) is 13.2 Å². The molecule has 342 valence electrons. The standard InChI is InChI=1S/C40H57Cl2F4N7O8/c1-9-27(48-34(56)31-19-25(43)20-53(31)38(60)39(5,61)40(44,45)46)36(58)51(7)29-12-10-11-15-50(6)35(57)22(4)47-33(55)30(18-23-17-24(41)13-14-26(23)42)52(8)37(59)28(16-21(2)3)49-32(29)54/h13-14,17,21-22,25,27-31,61H,9-12,15-16,18-20H2,1-8H3,(H,47,55)(H,48,56)(H,49,54)/t22-,25-,27+,28+,29+,30+,31+,39-/m1/s1. The quantitative estimate of drug-likeness (QED) is 0.258. The van der Waals surface area contributed by atoms with E-state index >= 15 is 0 Å². The minimum atomic E-state index is -5.44. The van der Waals surface area contributed by atoms with E-state index in [0.717, 1.165) is 9.80 Å². The Labute approximate surface area is 363 Å². The summed E-state index contributed by atoms with van der Waals surface area (Å²) in [6.07, 6.45) is -7.51. The first-order valence-corrected chi connectivity index (χ1v) is 20.9. The van der Waals surface area contributed by atoms with Gasteiger partial charge in [0.15, 0.2) is 0 Å². The van der Waals surface area contributed by atoms with Crippen molar-refractivity contribution in [3.63, 3.8) is 0 Å². The van der Waals surface area contributed by atoms with E-state index in [1.165, 1.54) is 46.0 Å². The molecule has 0 bridgehead atoms. The van der Waals surface area contributed by atoms with E-state index in [-0.39, 0.29) is 56.5 Å². The molecule has 0 radical (unpaired) electrons. The summed E-state index contributed by atoms with van der Waals surface area (Å²) in [5, 5.41) is 18.5. The highest BCUT2D eigenvalue weighted by atomic mass is 35.5. The molecule has 15 nitrogen and oxygen atoms in total. The first kappa shape index (κ1) is 51.1. The van der Waals surface area contributed by atoms with Gasteiger partial charge in [-0.25, -0.2) is 4.39 Å². The summed E-state index contributed by atoms with van der Waals surface area (Å²) in [6, 6.07) is -3.29. The van der Waals surface area contributed by atoms with Crippen molar-refractivity contribution in [1.29, 1.82) is 0 Å². The number of rotatable bonds is 10. The van der Waals surface area contributed by atoms with Crippen LogP contribution in [-0.2, 0) is 40.0 Å². The lowest BCUT2D eigenvalue weighted by molar-refractivity contribution is -0.250. The monoisotopic (exact) mass is 909 g/mol. The molecule has 4 N–H and O–H groups in total. The van der Waals surface area contributed by atoms with E-state index in [0.29, 0.717) is 21.9 Å². The van der Waals surface area contributed by atoms with Crippen LogP contribution in [0.15, 0.2) is 18.2 Å². The zero-order valence-corrected chi connectivity index (χ0v) is 37.1. The van der Waals surface area contributed by atoms with Crippen molar-refractivity contribution in [2.24, 2.45) is 5.92 Å². The SMILES string of the molecule is CC[C@H](NC(=O)[C@@H]1C[C@@H](F)CN1C(=O)[C@@](C)(O)C(F)(F)F)C(=O)N(C)[C@H]1CCCCN(C)C(=O)[C@@H](C)NC(=O)[C@H](Cc2cc(Cl)ccc2Cl)N(C)C(=O)[C@H](CC(C)C)NC1=O. The molecule has 7 amide bonds. The van der Waals surface area contributed by atoms with Crippen molar-refractivity contribution in [2.45, 2.75) is 134 Å². The zero-order chi connectivity index (χ0) is 46.3. The topological polar surface area (TPSA) is 189 Å². The first-order valence-electron chi connectivity index (χ1n) is 20.1. The maximum atomic E-state index is 14.6. The fourth-order valence-corrected chi connectivity index (χ4v) is 7.73. The predicted molar refractivity (Wildman–Crippen MR) is 218 cm³/mol. The molecular weight excluding hydrogens is 853 g/mol. The Hall–Kier alpha value is -4.23. The normalized spacial score (nSPS) is 25.5. The van der Waals surface area contributed by atoms with E-state index < -0.39 is 109 Å². The van der Waals surface area contributed by atoms with E-state index in [9.17, 15) is 56.2 Å². The number of amides is 7. The van der Waals surface area contributed by atoms with Gasteiger partial charge in [-0.3, -0.25) is 33.6 Å². The Balaban J connectivity index is 1.98. The van der Waals surface area contributed by atoms with Gasteiger partial charge < -0.3 is 40.7 Å². The summed E-state index contributed by atoms with van der Waals surface area (Å²) in [4.78, 5) is 100. The average Bonchev–Trinajstić information content (AvgIpc) is 3.58. The van der Waals surface area contributed by atoms with Crippen LogP contribution in [0, 0.1) is 5.92 Å². The Bertz CT molecular complexity index is 1800. The van der Waals surface area contributed by atoms with Crippen molar-refractivity contribution in [3.8, 4) is 0 Å². The molecule has 3 rings (SSSR count). The summed E-state index contributed by atoms with van der Waals surface area (Å²) in [6.45, 7) is 6.13. The van der Waals surface area contributed by atoms with Crippen LogP contribution in [0.1, 0.15) is 78.7 Å². The van der Waals surface area contributed by atoms with E-state index in [1.807, 2.05) is 13.8 Å². The van der Waals surface area contributed by atoms with Crippen LogP contribution in [0.5, 0.6) is 0 Å². The van der Waals surface area contributed by atoms with Crippen molar-refractivity contribution in [3.05, 3.63) is 33.8 Å².